The fraction of sp³-hybridized carbons (Fsp3) is 0.600. The number of ether oxygens (including phenoxy) is 1. The van der Waals surface area contributed by atoms with Gasteiger partial charge in [0.1, 0.15) is 0 Å². The van der Waals surface area contributed by atoms with Crippen molar-refractivity contribution in [2.75, 3.05) is 26.3 Å². The molecule has 1 aromatic carbocycles. The normalized spacial score (nSPS) is 18.6. The van der Waals surface area contributed by atoms with Crippen LogP contribution in [0.2, 0.25) is 0 Å². The van der Waals surface area contributed by atoms with Crippen molar-refractivity contribution in [1.29, 1.82) is 0 Å². The Morgan fingerprint density at radius 3 is 2.33 bits per heavy atom. The van der Waals surface area contributed by atoms with Crippen LogP contribution in [-0.4, -0.2) is 45.1 Å². The fourth-order valence-electron chi connectivity index (χ4n) is 2.70. The maximum atomic E-state index is 12.3. The lowest BCUT2D eigenvalue weighted by Crippen LogP contribution is -2.49. The second-order valence-electron chi connectivity index (χ2n) is 5.74. The molecule has 1 N–H and O–H groups in total. The van der Waals surface area contributed by atoms with Gasteiger partial charge in [-0.15, -0.1) is 0 Å². The number of nitrogens with zero attached hydrogens (tertiary/aromatic N) is 1. The van der Waals surface area contributed by atoms with E-state index in [0.717, 1.165) is 5.56 Å². The van der Waals surface area contributed by atoms with E-state index in [2.05, 4.69) is 36.8 Å². The third-order valence-corrected chi connectivity index (χ3v) is 5.23. The Kier molecular flexibility index (Phi) is 5.37. The van der Waals surface area contributed by atoms with Gasteiger partial charge in [0.15, 0.2) is 0 Å². The summed E-state index contributed by atoms with van der Waals surface area (Å²) in [6.45, 7) is 7.78. The van der Waals surface area contributed by atoms with Crippen LogP contribution in [0.5, 0.6) is 0 Å². The maximum absolute atomic E-state index is 12.3. The van der Waals surface area contributed by atoms with Gasteiger partial charge in [-0.25, -0.2) is 0 Å². The standard InChI is InChI=1S/C15H24N2O3S/c1-12-8-13(2)10-15(9-12)11-14(3)16-21(18,19)17-4-6-20-7-5-17/h8-10,14,16H,4-7,11H2,1-3H3/t14-/m0/s1. The molecule has 1 atom stereocenters. The molecule has 0 spiro atoms. The topological polar surface area (TPSA) is 58.6 Å². The maximum Gasteiger partial charge on any atom is 0.279 e. The molecule has 118 valence electrons. The van der Waals surface area contributed by atoms with Crippen molar-refractivity contribution in [2.24, 2.45) is 0 Å². The van der Waals surface area contributed by atoms with Gasteiger partial charge in [0, 0.05) is 19.1 Å². The predicted molar refractivity (Wildman–Crippen MR) is 83.5 cm³/mol. The highest BCUT2D eigenvalue weighted by atomic mass is 32.2. The van der Waals surface area contributed by atoms with E-state index in [0.29, 0.717) is 32.7 Å². The summed E-state index contributed by atoms with van der Waals surface area (Å²) in [5.41, 5.74) is 3.56. The van der Waals surface area contributed by atoms with Crippen molar-refractivity contribution in [3.05, 3.63) is 34.9 Å². The summed E-state index contributed by atoms with van der Waals surface area (Å²) in [7, 11) is -3.42. The van der Waals surface area contributed by atoms with Gasteiger partial charge in [-0.05, 0) is 32.8 Å². The van der Waals surface area contributed by atoms with E-state index < -0.39 is 10.2 Å². The van der Waals surface area contributed by atoms with Gasteiger partial charge in [-0.3, -0.25) is 0 Å². The molecule has 0 aromatic heterocycles. The van der Waals surface area contributed by atoms with Crippen molar-refractivity contribution >= 4 is 10.2 Å². The highest BCUT2D eigenvalue weighted by molar-refractivity contribution is 7.87. The number of benzene rings is 1. The summed E-state index contributed by atoms with van der Waals surface area (Å²) in [5, 5.41) is 0. The van der Waals surface area contributed by atoms with Crippen molar-refractivity contribution in [3.8, 4) is 0 Å². The molecule has 1 aromatic rings. The van der Waals surface area contributed by atoms with E-state index in [1.54, 1.807) is 0 Å². The van der Waals surface area contributed by atoms with Crippen LogP contribution in [0.4, 0.5) is 0 Å². The number of hydrogen-bond acceptors (Lipinski definition) is 3. The van der Waals surface area contributed by atoms with Crippen LogP contribution < -0.4 is 4.72 Å². The molecule has 6 heteroatoms. The first-order valence-corrected chi connectivity index (χ1v) is 8.73. The van der Waals surface area contributed by atoms with Crippen LogP contribution in [0.3, 0.4) is 0 Å². The summed E-state index contributed by atoms with van der Waals surface area (Å²) >= 11 is 0. The Labute approximate surface area is 127 Å². The van der Waals surface area contributed by atoms with Gasteiger partial charge >= 0.3 is 0 Å². The Morgan fingerprint density at radius 1 is 1.19 bits per heavy atom. The highest BCUT2D eigenvalue weighted by Crippen LogP contribution is 2.12. The lowest BCUT2D eigenvalue weighted by molar-refractivity contribution is 0.0723. The minimum absolute atomic E-state index is 0.140. The smallest absolute Gasteiger partial charge is 0.279 e. The van der Waals surface area contributed by atoms with Gasteiger partial charge in [0.25, 0.3) is 10.2 Å². The van der Waals surface area contributed by atoms with Crippen LogP contribution >= 0.6 is 0 Å². The Bertz CT molecular complexity index is 560. The number of hydrogen-bond donors (Lipinski definition) is 1. The van der Waals surface area contributed by atoms with E-state index in [4.69, 9.17) is 4.74 Å². The lowest BCUT2D eigenvalue weighted by atomic mass is 10.0. The van der Waals surface area contributed by atoms with Gasteiger partial charge in [0.05, 0.1) is 13.2 Å². The van der Waals surface area contributed by atoms with E-state index in [-0.39, 0.29) is 6.04 Å². The van der Waals surface area contributed by atoms with Crippen molar-refractivity contribution in [2.45, 2.75) is 33.2 Å². The molecule has 1 fully saturated rings. The molecule has 0 radical (unpaired) electrons. The number of aryl methyl sites for hydroxylation is 2. The highest BCUT2D eigenvalue weighted by Gasteiger charge is 2.25. The molecule has 5 nitrogen and oxygen atoms in total. The first-order valence-electron chi connectivity index (χ1n) is 7.29. The molecular weight excluding hydrogens is 288 g/mol. The van der Waals surface area contributed by atoms with Crippen molar-refractivity contribution < 1.29 is 13.2 Å². The second kappa shape index (κ2) is 6.87. The predicted octanol–water partition coefficient (Wildman–Crippen LogP) is 1.40. The van der Waals surface area contributed by atoms with Crippen LogP contribution in [-0.2, 0) is 21.4 Å². The summed E-state index contributed by atoms with van der Waals surface area (Å²) in [5.74, 6) is 0. The number of rotatable bonds is 5. The van der Waals surface area contributed by atoms with Gasteiger partial charge in [-0.2, -0.15) is 17.4 Å². The molecule has 0 bridgehead atoms. The summed E-state index contributed by atoms with van der Waals surface area (Å²) in [6.07, 6.45) is 0.687. The molecule has 0 unspecified atom stereocenters. The molecule has 1 aliphatic heterocycles. The summed E-state index contributed by atoms with van der Waals surface area (Å²) in [4.78, 5) is 0. The minimum atomic E-state index is -3.42. The van der Waals surface area contributed by atoms with Crippen LogP contribution in [0.25, 0.3) is 0 Å². The Balaban J connectivity index is 1.98. The van der Waals surface area contributed by atoms with Crippen LogP contribution in [0, 0.1) is 13.8 Å². The molecule has 0 amide bonds. The van der Waals surface area contributed by atoms with Crippen LogP contribution in [0.15, 0.2) is 18.2 Å². The monoisotopic (exact) mass is 312 g/mol. The minimum Gasteiger partial charge on any atom is -0.379 e. The van der Waals surface area contributed by atoms with E-state index in [1.165, 1.54) is 15.4 Å². The zero-order chi connectivity index (χ0) is 15.5. The molecule has 1 heterocycles. The molecule has 21 heavy (non-hydrogen) atoms. The van der Waals surface area contributed by atoms with E-state index in [1.807, 2.05) is 6.92 Å². The average Bonchev–Trinajstić information content (AvgIpc) is 2.37. The van der Waals surface area contributed by atoms with Crippen LogP contribution in [0.1, 0.15) is 23.6 Å². The number of morpholine rings is 1. The van der Waals surface area contributed by atoms with Gasteiger partial charge < -0.3 is 4.74 Å². The lowest BCUT2D eigenvalue weighted by Gasteiger charge is -2.27. The molecular formula is C15H24N2O3S. The van der Waals surface area contributed by atoms with Crippen molar-refractivity contribution in [3.63, 3.8) is 0 Å². The Morgan fingerprint density at radius 2 is 1.76 bits per heavy atom. The molecule has 2 rings (SSSR count). The first-order chi connectivity index (χ1) is 9.87. The molecule has 0 aliphatic carbocycles. The SMILES string of the molecule is Cc1cc(C)cc(C[C@H](C)NS(=O)(=O)N2CCOCC2)c1. The largest absolute Gasteiger partial charge is 0.379 e. The number of nitrogens with one attached hydrogen (secondary N) is 1. The zero-order valence-corrected chi connectivity index (χ0v) is 13.7. The summed E-state index contributed by atoms with van der Waals surface area (Å²) in [6, 6.07) is 6.18. The molecule has 1 aliphatic rings. The quantitative estimate of drug-likeness (QED) is 0.894. The van der Waals surface area contributed by atoms with E-state index >= 15 is 0 Å². The zero-order valence-electron chi connectivity index (χ0n) is 12.9. The summed E-state index contributed by atoms with van der Waals surface area (Å²) < 4.78 is 34.0. The Hall–Kier alpha value is -0.950. The fourth-order valence-corrected chi connectivity index (χ4v) is 4.07. The molecule has 0 saturated carbocycles. The van der Waals surface area contributed by atoms with Gasteiger partial charge in [0.2, 0.25) is 0 Å². The second-order valence-corrected chi connectivity index (χ2v) is 7.44. The van der Waals surface area contributed by atoms with Crippen molar-refractivity contribution in [1.82, 2.24) is 9.03 Å². The van der Waals surface area contributed by atoms with Gasteiger partial charge in [-0.1, -0.05) is 29.3 Å². The molecule has 1 saturated heterocycles. The average molecular weight is 312 g/mol. The first kappa shape index (κ1) is 16.4. The third kappa shape index (κ3) is 4.78. The third-order valence-electron chi connectivity index (χ3n) is 3.48. The van der Waals surface area contributed by atoms with E-state index in [9.17, 15) is 8.42 Å².